The Morgan fingerprint density at radius 3 is 2.11 bits per heavy atom. The summed E-state index contributed by atoms with van der Waals surface area (Å²) in [7, 11) is 0. The van der Waals surface area contributed by atoms with Crippen molar-refractivity contribution >= 4 is 36.8 Å². The molecule has 3 saturated carbocycles. The highest BCUT2D eigenvalue weighted by Gasteiger charge is 2.52. The number of fused-ring (bicyclic) bond motifs is 3. The number of carboxylic acids is 1. The maximum Gasteiger partial charge on any atom is 0.309 e. The monoisotopic (exact) mass is 292 g/mol. The largest absolute Gasteiger partial charge is 0.481 e. The van der Waals surface area contributed by atoms with Gasteiger partial charge in [-0.15, -0.1) is 12.4 Å². The van der Waals surface area contributed by atoms with Crippen LogP contribution in [0.3, 0.4) is 0 Å². The second-order valence-electron chi connectivity index (χ2n) is 5.55. The number of hydrogen-bond donors (Lipinski definition) is 3. The van der Waals surface area contributed by atoms with Crippen LogP contribution in [-0.4, -0.2) is 29.2 Å². The summed E-state index contributed by atoms with van der Waals surface area (Å²) in [6.07, 6.45) is 5.34. The number of nitrogens with two attached hydrogens (primary N) is 1. The van der Waals surface area contributed by atoms with E-state index in [1.807, 2.05) is 0 Å². The Morgan fingerprint density at radius 1 is 1.22 bits per heavy atom. The van der Waals surface area contributed by atoms with Crippen molar-refractivity contribution in [1.82, 2.24) is 0 Å². The van der Waals surface area contributed by atoms with Crippen LogP contribution in [-0.2, 0) is 4.79 Å². The third-order valence-corrected chi connectivity index (χ3v) is 4.96. The Hall–Kier alpha value is -0.420. The number of halogens is 1. The highest BCUT2D eigenvalue weighted by atomic mass is 35.5. The van der Waals surface area contributed by atoms with Crippen LogP contribution < -0.4 is 5.73 Å². The second kappa shape index (κ2) is 5.70. The third-order valence-electron chi connectivity index (χ3n) is 4.63. The first-order chi connectivity index (χ1) is 8.02. The molecule has 18 heavy (non-hydrogen) atoms. The zero-order valence-corrected chi connectivity index (χ0v) is 12.1. The van der Waals surface area contributed by atoms with Crippen LogP contribution in [0.15, 0.2) is 4.99 Å². The average molecular weight is 293 g/mol. The molecule has 4 nitrogen and oxygen atoms in total. The van der Waals surface area contributed by atoms with Gasteiger partial charge in [0, 0.05) is 12.3 Å². The molecule has 3 rings (SSSR count). The molecule has 0 spiro atoms. The van der Waals surface area contributed by atoms with Crippen molar-refractivity contribution in [3.05, 3.63) is 0 Å². The van der Waals surface area contributed by atoms with E-state index < -0.39 is 11.4 Å². The lowest BCUT2D eigenvalue weighted by Gasteiger charge is -2.50. The lowest BCUT2D eigenvalue weighted by Crippen LogP contribution is -2.47. The van der Waals surface area contributed by atoms with Crippen molar-refractivity contribution in [3.8, 4) is 0 Å². The van der Waals surface area contributed by atoms with Crippen molar-refractivity contribution in [2.24, 2.45) is 21.6 Å². The SMILES string of the molecule is Cl.NC(CS)=NCC12CCC(C(=O)O)(CC1)CC2. The zero-order valence-electron chi connectivity index (χ0n) is 10.4. The minimum absolute atomic E-state index is 0. The van der Waals surface area contributed by atoms with Gasteiger partial charge in [-0.1, -0.05) is 0 Å². The van der Waals surface area contributed by atoms with Crippen molar-refractivity contribution in [3.63, 3.8) is 0 Å². The van der Waals surface area contributed by atoms with Crippen LogP contribution in [0.2, 0.25) is 0 Å². The lowest BCUT2D eigenvalue weighted by atomic mass is 9.54. The molecule has 3 N–H and O–H groups in total. The maximum absolute atomic E-state index is 11.3. The number of aliphatic carboxylic acids is 1. The number of carbonyl (C=O) groups is 1. The predicted octanol–water partition coefficient (Wildman–Crippen LogP) is 2.12. The lowest BCUT2D eigenvalue weighted by molar-refractivity contribution is -0.158. The molecule has 3 fully saturated rings. The Bertz CT molecular complexity index is 335. The van der Waals surface area contributed by atoms with Gasteiger partial charge in [0.05, 0.1) is 5.41 Å². The molecule has 6 heteroatoms. The summed E-state index contributed by atoms with van der Waals surface area (Å²) >= 11 is 4.09. The van der Waals surface area contributed by atoms with Gasteiger partial charge in [0.2, 0.25) is 0 Å². The van der Waals surface area contributed by atoms with Gasteiger partial charge in [-0.05, 0) is 43.9 Å². The molecular formula is C12H21ClN2O2S. The molecule has 0 heterocycles. The number of thiol groups is 1. The van der Waals surface area contributed by atoms with E-state index in [1.54, 1.807) is 0 Å². The van der Waals surface area contributed by atoms with Crippen molar-refractivity contribution in [2.75, 3.05) is 12.3 Å². The highest BCUT2D eigenvalue weighted by molar-refractivity contribution is 7.81. The van der Waals surface area contributed by atoms with Gasteiger partial charge in [-0.2, -0.15) is 12.6 Å². The molecule has 0 aliphatic heterocycles. The van der Waals surface area contributed by atoms with Crippen LogP contribution in [0, 0.1) is 10.8 Å². The number of aliphatic imine (C=N–C) groups is 1. The fourth-order valence-electron chi connectivity index (χ4n) is 3.14. The first kappa shape index (κ1) is 15.6. The number of hydrogen-bond acceptors (Lipinski definition) is 3. The normalized spacial score (nSPS) is 35.1. The Balaban J connectivity index is 0.00000162. The first-order valence-corrected chi connectivity index (χ1v) is 6.78. The van der Waals surface area contributed by atoms with Crippen LogP contribution in [0.25, 0.3) is 0 Å². The maximum atomic E-state index is 11.3. The summed E-state index contributed by atoms with van der Waals surface area (Å²) in [5.74, 6) is 0.474. The number of carboxylic acid groups (broad SMARTS) is 1. The summed E-state index contributed by atoms with van der Waals surface area (Å²) in [5.41, 5.74) is 5.45. The summed E-state index contributed by atoms with van der Waals surface area (Å²) in [6, 6.07) is 0. The van der Waals surface area contributed by atoms with Gasteiger partial charge in [0.15, 0.2) is 0 Å². The van der Waals surface area contributed by atoms with Crippen molar-refractivity contribution < 1.29 is 9.90 Å². The van der Waals surface area contributed by atoms with Crippen molar-refractivity contribution in [1.29, 1.82) is 0 Å². The quantitative estimate of drug-likeness (QED) is 0.422. The molecule has 0 atom stereocenters. The van der Waals surface area contributed by atoms with Gasteiger partial charge < -0.3 is 10.8 Å². The standard InChI is InChI=1S/C12H20N2O2S.ClH/c13-9(7-17)14-8-11-1-4-12(5-2-11,6-3-11)10(15)16;/h17H,1-8H2,(H2,13,14)(H,15,16);1H. The molecule has 0 unspecified atom stereocenters. The van der Waals surface area contributed by atoms with Gasteiger partial charge in [0.1, 0.15) is 5.84 Å². The molecule has 104 valence electrons. The number of amidine groups is 1. The zero-order chi connectivity index (χ0) is 12.5. The van der Waals surface area contributed by atoms with Gasteiger partial charge in [-0.25, -0.2) is 0 Å². The summed E-state index contributed by atoms with van der Waals surface area (Å²) in [6.45, 7) is 0.745. The molecule has 0 saturated heterocycles. The fourth-order valence-corrected chi connectivity index (χ4v) is 3.24. The molecule has 0 amide bonds. The van der Waals surface area contributed by atoms with Gasteiger partial charge >= 0.3 is 5.97 Å². The Morgan fingerprint density at radius 2 is 1.72 bits per heavy atom. The summed E-state index contributed by atoms with van der Waals surface area (Å²) in [5, 5.41) is 9.30. The number of rotatable bonds is 4. The molecule has 0 aromatic rings. The molecule has 2 bridgehead atoms. The predicted molar refractivity (Wildman–Crippen MR) is 77.8 cm³/mol. The van der Waals surface area contributed by atoms with Crippen LogP contribution in [0.1, 0.15) is 38.5 Å². The highest BCUT2D eigenvalue weighted by Crippen LogP contribution is 2.57. The van der Waals surface area contributed by atoms with E-state index in [2.05, 4.69) is 17.6 Å². The third kappa shape index (κ3) is 2.77. The van der Waals surface area contributed by atoms with Crippen molar-refractivity contribution in [2.45, 2.75) is 38.5 Å². The Labute approximate surface area is 119 Å². The van der Waals surface area contributed by atoms with E-state index in [1.165, 1.54) is 0 Å². The molecule has 0 aromatic heterocycles. The molecule has 3 aliphatic carbocycles. The minimum Gasteiger partial charge on any atom is -0.481 e. The van der Waals surface area contributed by atoms with Gasteiger partial charge in [0.25, 0.3) is 0 Å². The fraction of sp³-hybridized carbons (Fsp3) is 0.833. The molecule has 0 radical (unpaired) electrons. The van der Waals surface area contributed by atoms with E-state index >= 15 is 0 Å². The first-order valence-electron chi connectivity index (χ1n) is 6.15. The summed E-state index contributed by atoms with van der Waals surface area (Å²) < 4.78 is 0. The van der Waals surface area contributed by atoms with E-state index in [9.17, 15) is 9.90 Å². The minimum atomic E-state index is -0.607. The average Bonchev–Trinajstić information content (AvgIpc) is 2.38. The van der Waals surface area contributed by atoms with Crippen LogP contribution in [0.4, 0.5) is 0 Å². The number of nitrogens with zero attached hydrogens (tertiary/aromatic N) is 1. The van der Waals surface area contributed by atoms with E-state index in [-0.39, 0.29) is 17.8 Å². The topological polar surface area (TPSA) is 75.7 Å². The Kier molecular flexibility index (Phi) is 4.95. The van der Waals surface area contributed by atoms with E-state index in [4.69, 9.17) is 5.73 Å². The smallest absolute Gasteiger partial charge is 0.309 e. The van der Waals surface area contributed by atoms with Gasteiger partial charge in [-0.3, -0.25) is 9.79 Å². The molecular weight excluding hydrogens is 272 g/mol. The molecule has 0 aromatic carbocycles. The molecule has 3 aliphatic rings. The van der Waals surface area contributed by atoms with E-state index in [0.29, 0.717) is 11.6 Å². The summed E-state index contributed by atoms with van der Waals surface area (Å²) in [4.78, 5) is 15.7. The van der Waals surface area contributed by atoms with E-state index in [0.717, 1.165) is 45.1 Å². The second-order valence-corrected chi connectivity index (χ2v) is 5.87. The van der Waals surface area contributed by atoms with Crippen LogP contribution >= 0.6 is 25.0 Å². The van der Waals surface area contributed by atoms with Crippen LogP contribution in [0.5, 0.6) is 0 Å².